The van der Waals surface area contributed by atoms with Crippen molar-refractivity contribution in [2.75, 3.05) is 11.9 Å². The molecule has 2 heterocycles. The van der Waals surface area contributed by atoms with Crippen LogP contribution in [0.5, 0.6) is 0 Å². The Morgan fingerprint density at radius 2 is 1.86 bits per heavy atom. The first-order valence-corrected chi connectivity index (χ1v) is 7.66. The molecule has 3 aromatic rings. The van der Waals surface area contributed by atoms with E-state index in [2.05, 4.69) is 59.4 Å². The van der Waals surface area contributed by atoms with Crippen LogP contribution in [0.15, 0.2) is 30.6 Å². The lowest BCUT2D eigenvalue weighted by atomic mass is 10.1. The number of nitrogens with zero attached hydrogens (tertiary/aromatic N) is 4. The Kier molecular flexibility index (Phi) is 4.04. The van der Waals surface area contributed by atoms with E-state index in [1.54, 1.807) is 4.52 Å². The van der Waals surface area contributed by atoms with Gasteiger partial charge >= 0.3 is 0 Å². The van der Waals surface area contributed by atoms with Crippen molar-refractivity contribution in [1.29, 1.82) is 0 Å². The van der Waals surface area contributed by atoms with Gasteiger partial charge in [0.2, 0.25) is 0 Å². The van der Waals surface area contributed by atoms with Gasteiger partial charge in [0.25, 0.3) is 5.78 Å². The Morgan fingerprint density at radius 1 is 1.09 bits per heavy atom. The molecule has 0 atom stereocenters. The third-order valence-electron chi connectivity index (χ3n) is 3.67. The second-order valence-electron chi connectivity index (χ2n) is 5.63. The Morgan fingerprint density at radius 3 is 2.59 bits per heavy atom. The van der Waals surface area contributed by atoms with Crippen LogP contribution < -0.4 is 5.32 Å². The van der Waals surface area contributed by atoms with E-state index in [1.165, 1.54) is 23.0 Å². The molecule has 0 saturated carbocycles. The molecule has 1 aromatic carbocycles. The van der Waals surface area contributed by atoms with Crippen molar-refractivity contribution in [3.63, 3.8) is 0 Å². The normalized spacial score (nSPS) is 11.0. The number of aryl methyl sites for hydroxylation is 3. The van der Waals surface area contributed by atoms with Gasteiger partial charge in [-0.25, -0.2) is 4.98 Å². The van der Waals surface area contributed by atoms with E-state index >= 15 is 0 Å². The molecular weight excluding hydrogens is 274 g/mol. The van der Waals surface area contributed by atoms with Crippen LogP contribution in [0.3, 0.4) is 0 Å². The minimum atomic E-state index is 0.647. The maximum atomic E-state index is 4.45. The number of hydrogen-bond acceptors (Lipinski definition) is 4. The number of benzene rings is 1. The van der Waals surface area contributed by atoms with Crippen molar-refractivity contribution in [2.45, 2.75) is 33.6 Å². The monoisotopic (exact) mass is 295 g/mol. The summed E-state index contributed by atoms with van der Waals surface area (Å²) in [6.07, 6.45) is 3.40. The lowest BCUT2D eigenvalue weighted by Gasteiger charge is -2.10. The quantitative estimate of drug-likeness (QED) is 0.786. The molecule has 0 fully saturated rings. The molecule has 0 spiro atoms. The zero-order chi connectivity index (χ0) is 15.5. The summed E-state index contributed by atoms with van der Waals surface area (Å²) in [6, 6.07) is 8.73. The number of aromatic nitrogens is 4. The summed E-state index contributed by atoms with van der Waals surface area (Å²) in [5.41, 5.74) is 5.00. The smallest absolute Gasteiger partial charge is 0.254 e. The van der Waals surface area contributed by atoms with Crippen LogP contribution in [-0.2, 0) is 12.8 Å². The number of anilines is 1. The second kappa shape index (κ2) is 6.13. The van der Waals surface area contributed by atoms with Crippen molar-refractivity contribution >= 4 is 11.6 Å². The summed E-state index contributed by atoms with van der Waals surface area (Å²) >= 11 is 0. The topological polar surface area (TPSA) is 55.1 Å². The van der Waals surface area contributed by atoms with Crippen molar-refractivity contribution in [1.82, 2.24) is 19.6 Å². The van der Waals surface area contributed by atoms with E-state index in [0.717, 1.165) is 30.9 Å². The largest absolute Gasteiger partial charge is 0.370 e. The van der Waals surface area contributed by atoms with Crippen LogP contribution >= 0.6 is 0 Å². The van der Waals surface area contributed by atoms with Crippen LogP contribution in [0.1, 0.15) is 29.3 Å². The summed E-state index contributed by atoms with van der Waals surface area (Å²) < 4.78 is 1.75. The van der Waals surface area contributed by atoms with Crippen LogP contribution in [0.4, 0.5) is 5.82 Å². The highest BCUT2D eigenvalue weighted by molar-refractivity contribution is 5.45. The third kappa shape index (κ3) is 3.08. The Balaban J connectivity index is 1.74. The zero-order valence-corrected chi connectivity index (χ0v) is 13.3. The van der Waals surface area contributed by atoms with Gasteiger partial charge in [-0.05, 0) is 32.3 Å². The summed E-state index contributed by atoms with van der Waals surface area (Å²) in [6.45, 7) is 7.22. The molecule has 0 saturated heterocycles. The summed E-state index contributed by atoms with van der Waals surface area (Å²) in [5.74, 6) is 1.59. The van der Waals surface area contributed by atoms with E-state index in [-0.39, 0.29) is 0 Å². The maximum absolute atomic E-state index is 4.45. The summed E-state index contributed by atoms with van der Waals surface area (Å²) in [4.78, 5) is 8.63. The van der Waals surface area contributed by atoms with Crippen LogP contribution in [0.2, 0.25) is 0 Å². The standard InChI is InChI=1S/C17H21N5/c1-4-15-10-16(22-17(21-15)19-11-20-22)18-6-5-14-8-12(2)7-13(3)9-14/h7-11,18H,4-6H2,1-3H3. The predicted molar refractivity (Wildman–Crippen MR) is 88.3 cm³/mol. The summed E-state index contributed by atoms with van der Waals surface area (Å²) in [7, 11) is 0. The number of hydrogen-bond donors (Lipinski definition) is 1. The first-order chi connectivity index (χ1) is 10.7. The number of nitrogens with one attached hydrogen (secondary N) is 1. The second-order valence-corrected chi connectivity index (χ2v) is 5.63. The van der Waals surface area contributed by atoms with Crippen LogP contribution in [0, 0.1) is 13.8 Å². The average Bonchev–Trinajstić information content (AvgIpc) is 2.94. The van der Waals surface area contributed by atoms with E-state index in [4.69, 9.17) is 0 Å². The molecule has 0 aliphatic carbocycles. The molecule has 22 heavy (non-hydrogen) atoms. The first-order valence-electron chi connectivity index (χ1n) is 7.66. The molecule has 114 valence electrons. The maximum Gasteiger partial charge on any atom is 0.254 e. The van der Waals surface area contributed by atoms with Gasteiger partial charge in [0.05, 0.1) is 0 Å². The van der Waals surface area contributed by atoms with Crippen LogP contribution in [0.25, 0.3) is 5.78 Å². The lowest BCUT2D eigenvalue weighted by Crippen LogP contribution is -2.10. The van der Waals surface area contributed by atoms with E-state index in [9.17, 15) is 0 Å². The number of rotatable bonds is 5. The molecule has 1 N–H and O–H groups in total. The van der Waals surface area contributed by atoms with Gasteiger partial charge in [-0.15, -0.1) is 0 Å². The lowest BCUT2D eigenvalue weighted by molar-refractivity contribution is 0.893. The minimum Gasteiger partial charge on any atom is -0.370 e. The SMILES string of the molecule is CCc1cc(NCCc2cc(C)cc(C)c2)n2ncnc2n1. The van der Waals surface area contributed by atoms with E-state index < -0.39 is 0 Å². The van der Waals surface area contributed by atoms with Gasteiger partial charge in [0, 0.05) is 18.3 Å². The highest BCUT2D eigenvalue weighted by Gasteiger charge is 2.06. The molecule has 0 bridgehead atoms. The Hall–Kier alpha value is -2.43. The molecule has 0 amide bonds. The van der Waals surface area contributed by atoms with Gasteiger partial charge in [0.15, 0.2) is 0 Å². The number of fused-ring (bicyclic) bond motifs is 1. The molecule has 5 nitrogen and oxygen atoms in total. The van der Waals surface area contributed by atoms with Crippen molar-refractivity contribution in [3.05, 3.63) is 53.0 Å². The fourth-order valence-electron chi connectivity index (χ4n) is 2.72. The van der Waals surface area contributed by atoms with Gasteiger partial charge in [-0.2, -0.15) is 14.6 Å². The zero-order valence-electron chi connectivity index (χ0n) is 13.3. The highest BCUT2D eigenvalue weighted by atomic mass is 15.3. The first kappa shape index (κ1) is 14.5. The predicted octanol–water partition coefficient (Wildman–Crippen LogP) is 2.96. The highest BCUT2D eigenvalue weighted by Crippen LogP contribution is 2.13. The molecule has 3 rings (SSSR count). The molecule has 0 aliphatic rings. The average molecular weight is 295 g/mol. The van der Waals surface area contributed by atoms with E-state index in [0.29, 0.717) is 5.78 Å². The minimum absolute atomic E-state index is 0.647. The molecule has 0 aliphatic heterocycles. The van der Waals surface area contributed by atoms with Gasteiger partial charge in [-0.1, -0.05) is 36.2 Å². The Labute approximate surface area is 130 Å². The third-order valence-corrected chi connectivity index (χ3v) is 3.67. The fraction of sp³-hybridized carbons (Fsp3) is 0.353. The molecule has 2 aromatic heterocycles. The van der Waals surface area contributed by atoms with Crippen molar-refractivity contribution < 1.29 is 0 Å². The van der Waals surface area contributed by atoms with Crippen LogP contribution in [-0.4, -0.2) is 26.1 Å². The summed E-state index contributed by atoms with van der Waals surface area (Å²) in [5, 5.41) is 7.68. The molecular formula is C17H21N5. The molecule has 0 unspecified atom stereocenters. The van der Waals surface area contributed by atoms with Gasteiger partial charge in [-0.3, -0.25) is 0 Å². The van der Waals surface area contributed by atoms with E-state index in [1.807, 2.05) is 6.07 Å². The molecule has 5 heteroatoms. The van der Waals surface area contributed by atoms with Gasteiger partial charge < -0.3 is 5.32 Å². The van der Waals surface area contributed by atoms with Gasteiger partial charge in [0.1, 0.15) is 12.1 Å². The van der Waals surface area contributed by atoms with Crippen molar-refractivity contribution in [2.24, 2.45) is 0 Å². The fourth-order valence-corrected chi connectivity index (χ4v) is 2.72. The van der Waals surface area contributed by atoms with Crippen molar-refractivity contribution in [3.8, 4) is 0 Å². The Bertz CT molecular complexity index is 771. The molecule has 0 radical (unpaired) electrons.